The smallest absolute Gasteiger partial charge is 0.319 e. The molecule has 0 aliphatic carbocycles. The summed E-state index contributed by atoms with van der Waals surface area (Å²) in [5.74, 6) is 2.05. The number of imidazole rings is 1. The molecule has 34 heavy (non-hydrogen) atoms. The minimum atomic E-state index is -0.417. The number of thioether (sulfide) groups is 1. The second-order valence-corrected chi connectivity index (χ2v) is 9.95. The van der Waals surface area contributed by atoms with Crippen LogP contribution in [-0.4, -0.2) is 38.7 Å². The lowest BCUT2D eigenvalue weighted by atomic mass is 10.1. The molecule has 4 rings (SSSR count). The van der Waals surface area contributed by atoms with E-state index in [0.29, 0.717) is 40.2 Å². The van der Waals surface area contributed by atoms with E-state index in [1.165, 1.54) is 11.8 Å². The highest BCUT2D eigenvalue weighted by molar-refractivity contribution is 7.98. The van der Waals surface area contributed by atoms with E-state index in [9.17, 15) is 9.59 Å². The van der Waals surface area contributed by atoms with Crippen molar-refractivity contribution in [2.24, 2.45) is 0 Å². The summed E-state index contributed by atoms with van der Waals surface area (Å²) in [6, 6.07) is 2.08. The molecule has 10 nitrogen and oxygen atoms in total. The number of rotatable bonds is 9. The fourth-order valence-electron chi connectivity index (χ4n) is 4.07. The van der Waals surface area contributed by atoms with Gasteiger partial charge in [0.25, 0.3) is 11.3 Å². The predicted octanol–water partition coefficient (Wildman–Crippen LogP) is 3.68. The number of H-pyrrole nitrogens is 1. The van der Waals surface area contributed by atoms with Crippen LogP contribution in [0.3, 0.4) is 0 Å². The van der Waals surface area contributed by atoms with Crippen molar-refractivity contribution in [3.8, 4) is 0 Å². The first-order chi connectivity index (χ1) is 16.2. The van der Waals surface area contributed by atoms with E-state index in [4.69, 9.17) is 4.98 Å². The molecule has 0 unspecified atom stereocenters. The molecule has 0 spiro atoms. The van der Waals surface area contributed by atoms with Crippen LogP contribution in [-0.2, 0) is 18.7 Å². The van der Waals surface area contributed by atoms with Crippen LogP contribution >= 0.6 is 11.8 Å². The Morgan fingerprint density at radius 1 is 1.09 bits per heavy atom. The SMILES string of the molecule is CCCCn1c(=O)[nH]c(=O)c2c1nc(CSc1nc3nc(CC)cc(C(C)C)n3n1)n2C(C)C. The van der Waals surface area contributed by atoms with Gasteiger partial charge < -0.3 is 4.57 Å². The van der Waals surface area contributed by atoms with Crippen LogP contribution in [0.25, 0.3) is 16.9 Å². The molecule has 4 heterocycles. The molecule has 0 saturated carbocycles. The standard InChI is InChI=1S/C23H32N8O2S/c1-7-9-10-29-19-18(20(32)26-23(29)33)30(14(5)6)17(25-19)12-34-22-27-21-24-15(8-2)11-16(13(3)4)31(21)28-22/h11,13-14H,7-10,12H2,1-6H3,(H,26,32,33). The normalized spacial score (nSPS) is 12.1. The monoisotopic (exact) mass is 484 g/mol. The van der Waals surface area contributed by atoms with Crippen molar-refractivity contribution in [3.63, 3.8) is 0 Å². The lowest BCUT2D eigenvalue weighted by Crippen LogP contribution is -2.31. The lowest BCUT2D eigenvalue weighted by molar-refractivity contribution is 0.593. The Morgan fingerprint density at radius 2 is 1.85 bits per heavy atom. The van der Waals surface area contributed by atoms with E-state index in [1.807, 2.05) is 22.9 Å². The molecule has 0 amide bonds. The van der Waals surface area contributed by atoms with Gasteiger partial charge in [0, 0.05) is 18.3 Å². The molecule has 0 fully saturated rings. The van der Waals surface area contributed by atoms with E-state index < -0.39 is 11.2 Å². The minimum absolute atomic E-state index is 0.00539. The summed E-state index contributed by atoms with van der Waals surface area (Å²) in [7, 11) is 0. The average molecular weight is 485 g/mol. The quantitative estimate of drug-likeness (QED) is 0.360. The summed E-state index contributed by atoms with van der Waals surface area (Å²) >= 11 is 1.45. The molecule has 0 aliphatic heterocycles. The maximum absolute atomic E-state index is 12.7. The van der Waals surface area contributed by atoms with E-state index in [1.54, 1.807) is 4.57 Å². The summed E-state index contributed by atoms with van der Waals surface area (Å²) in [6.07, 6.45) is 2.60. The van der Waals surface area contributed by atoms with Gasteiger partial charge in [-0.1, -0.05) is 45.9 Å². The number of aromatic amines is 1. The van der Waals surface area contributed by atoms with Crippen molar-refractivity contribution in [3.05, 3.63) is 44.1 Å². The Hall–Kier alpha value is -2.95. The molecule has 4 aromatic rings. The number of hydrogen-bond donors (Lipinski definition) is 1. The van der Waals surface area contributed by atoms with Gasteiger partial charge in [-0.25, -0.2) is 14.8 Å². The first kappa shape index (κ1) is 24.2. The van der Waals surface area contributed by atoms with E-state index in [0.717, 1.165) is 30.7 Å². The largest absolute Gasteiger partial charge is 0.330 e. The Morgan fingerprint density at radius 3 is 2.50 bits per heavy atom. The van der Waals surface area contributed by atoms with Crippen LogP contribution in [0.4, 0.5) is 0 Å². The Balaban J connectivity index is 1.75. The zero-order valence-electron chi connectivity index (χ0n) is 20.6. The van der Waals surface area contributed by atoms with Gasteiger partial charge in [-0.15, -0.1) is 5.10 Å². The van der Waals surface area contributed by atoms with Crippen molar-refractivity contribution in [2.45, 2.75) is 90.2 Å². The third-order valence-corrected chi connectivity index (χ3v) is 6.64. The molecule has 0 aromatic carbocycles. The average Bonchev–Trinajstić information content (AvgIpc) is 3.38. The fraction of sp³-hybridized carbons (Fsp3) is 0.565. The number of fused-ring (bicyclic) bond motifs is 2. The minimum Gasteiger partial charge on any atom is -0.319 e. The molecule has 1 N–H and O–H groups in total. The maximum Gasteiger partial charge on any atom is 0.330 e. The number of aryl methyl sites for hydroxylation is 2. The zero-order valence-corrected chi connectivity index (χ0v) is 21.4. The van der Waals surface area contributed by atoms with Crippen LogP contribution in [0.2, 0.25) is 0 Å². The van der Waals surface area contributed by atoms with E-state index >= 15 is 0 Å². The number of nitrogens with one attached hydrogen (secondary N) is 1. The zero-order chi connectivity index (χ0) is 24.6. The molecule has 0 saturated heterocycles. The van der Waals surface area contributed by atoms with Gasteiger partial charge in [0.1, 0.15) is 5.82 Å². The van der Waals surface area contributed by atoms with Gasteiger partial charge >= 0.3 is 5.69 Å². The summed E-state index contributed by atoms with van der Waals surface area (Å²) in [4.78, 5) is 41.7. The number of aromatic nitrogens is 8. The molecular weight excluding hydrogens is 452 g/mol. The van der Waals surface area contributed by atoms with Crippen LogP contribution in [0.15, 0.2) is 20.8 Å². The molecular formula is C23H32N8O2S. The van der Waals surface area contributed by atoms with Gasteiger partial charge in [-0.2, -0.15) is 9.50 Å². The van der Waals surface area contributed by atoms with Gasteiger partial charge in [0.2, 0.25) is 5.16 Å². The lowest BCUT2D eigenvalue weighted by Gasteiger charge is -2.12. The van der Waals surface area contributed by atoms with Crippen LogP contribution < -0.4 is 11.2 Å². The first-order valence-corrected chi connectivity index (χ1v) is 12.9. The molecule has 182 valence electrons. The van der Waals surface area contributed by atoms with Gasteiger partial charge in [-0.3, -0.25) is 14.3 Å². The molecule has 0 radical (unpaired) electrons. The summed E-state index contributed by atoms with van der Waals surface area (Å²) in [5, 5.41) is 5.29. The molecule has 0 bridgehead atoms. The highest BCUT2D eigenvalue weighted by Gasteiger charge is 2.21. The van der Waals surface area contributed by atoms with Crippen LogP contribution in [0, 0.1) is 0 Å². The Kier molecular flexibility index (Phi) is 6.92. The maximum atomic E-state index is 12.7. The third kappa shape index (κ3) is 4.40. The van der Waals surface area contributed by atoms with Crippen molar-refractivity contribution in [1.82, 2.24) is 38.7 Å². The second kappa shape index (κ2) is 9.73. The number of hydrogen-bond acceptors (Lipinski definition) is 7. The first-order valence-electron chi connectivity index (χ1n) is 11.9. The second-order valence-electron chi connectivity index (χ2n) is 9.00. The van der Waals surface area contributed by atoms with Crippen molar-refractivity contribution in [2.75, 3.05) is 0 Å². The van der Waals surface area contributed by atoms with Crippen LogP contribution in [0.5, 0.6) is 0 Å². The van der Waals surface area contributed by atoms with E-state index in [2.05, 4.69) is 53.8 Å². The van der Waals surface area contributed by atoms with Crippen LogP contribution in [0.1, 0.15) is 83.6 Å². The number of unbranched alkanes of at least 4 members (excludes halogenated alkanes) is 1. The van der Waals surface area contributed by atoms with Gasteiger partial charge in [-0.05, 0) is 38.7 Å². The highest BCUT2D eigenvalue weighted by atomic mass is 32.2. The summed E-state index contributed by atoms with van der Waals surface area (Å²) in [6.45, 7) is 12.9. The predicted molar refractivity (Wildman–Crippen MR) is 134 cm³/mol. The van der Waals surface area contributed by atoms with E-state index in [-0.39, 0.29) is 12.0 Å². The number of nitrogens with zero attached hydrogens (tertiary/aromatic N) is 7. The molecule has 4 aromatic heterocycles. The van der Waals surface area contributed by atoms with Gasteiger partial charge in [0.05, 0.1) is 11.4 Å². The van der Waals surface area contributed by atoms with Crippen molar-refractivity contribution < 1.29 is 0 Å². The molecule has 0 aliphatic rings. The van der Waals surface area contributed by atoms with Gasteiger partial charge in [0.15, 0.2) is 11.2 Å². The Bertz CT molecular complexity index is 1440. The topological polar surface area (TPSA) is 116 Å². The third-order valence-electron chi connectivity index (χ3n) is 5.81. The fourth-order valence-corrected chi connectivity index (χ4v) is 4.82. The molecule has 0 atom stereocenters. The molecule has 11 heteroatoms. The highest BCUT2D eigenvalue weighted by Crippen LogP contribution is 2.26. The van der Waals surface area contributed by atoms with Crippen molar-refractivity contribution in [1.29, 1.82) is 0 Å². The summed E-state index contributed by atoms with van der Waals surface area (Å²) < 4.78 is 5.29. The van der Waals surface area contributed by atoms with Crippen molar-refractivity contribution >= 4 is 28.7 Å². The summed E-state index contributed by atoms with van der Waals surface area (Å²) in [5.41, 5.74) is 2.10. The Labute approximate surface area is 201 Å².